The molecular formula is C12H18N2O2S. The number of nitrogens with two attached hydrogens (primary N) is 2. The highest BCUT2D eigenvalue weighted by molar-refractivity contribution is 7.99. The maximum Gasteiger partial charge on any atom is 0.237 e. The van der Waals surface area contributed by atoms with E-state index in [1.165, 1.54) is 0 Å². The molecule has 1 rings (SSSR count). The number of rotatable bonds is 6. The van der Waals surface area contributed by atoms with E-state index in [4.69, 9.17) is 16.2 Å². The lowest BCUT2D eigenvalue weighted by molar-refractivity contribution is -0.122. The number of amides is 1. The van der Waals surface area contributed by atoms with Crippen molar-refractivity contribution in [2.24, 2.45) is 11.5 Å². The van der Waals surface area contributed by atoms with Gasteiger partial charge in [0, 0.05) is 10.6 Å². The Labute approximate surface area is 106 Å². The summed E-state index contributed by atoms with van der Waals surface area (Å²) in [7, 11) is 1.63. The van der Waals surface area contributed by atoms with Crippen molar-refractivity contribution in [1.82, 2.24) is 0 Å². The van der Waals surface area contributed by atoms with E-state index in [0.29, 0.717) is 6.42 Å². The van der Waals surface area contributed by atoms with Gasteiger partial charge in [0.2, 0.25) is 5.91 Å². The third kappa shape index (κ3) is 4.28. The van der Waals surface area contributed by atoms with Gasteiger partial charge in [-0.2, -0.15) is 0 Å². The van der Waals surface area contributed by atoms with Crippen LogP contribution in [0.25, 0.3) is 0 Å². The van der Waals surface area contributed by atoms with Crippen molar-refractivity contribution in [2.75, 3.05) is 12.9 Å². The van der Waals surface area contributed by atoms with Gasteiger partial charge >= 0.3 is 0 Å². The summed E-state index contributed by atoms with van der Waals surface area (Å²) in [5.41, 5.74) is 10.0. The zero-order chi connectivity index (χ0) is 12.9. The Morgan fingerprint density at radius 3 is 2.47 bits per heavy atom. The molecule has 0 saturated heterocycles. The van der Waals surface area contributed by atoms with Gasteiger partial charge in [-0.1, -0.05) is 0 Å². The van der Waals surface area contributed by atoms with E-state index in [-0.39, 0.29) is 0 Å². The van der Waals surface area contributed by atoms with Crippen LogP contribution in [0.4, 0.5) is 0 Å². The predicted molar refractivity (Wildman–Crippen MR) is 70.1 cm³/mol. The van der Waals surface area contributed by atoms with Crippen LogP contribution in [0.1, 0.15) is 13.3 Å². The number of ether oxygens (including phenoxy) is 1. The van der Waals surface area contributed by atoms with E-state index in [2.05, 4.69) is 0 Å². The maximum absolute atomic E-state index is 11.0. The molecule has 4 nitrogen and oxygen atoms in total. The van der Waals surface area contributed by atoms with Gasteiger partial charge in [0.15, 0.2) is 0 Å². The third-order valence-corrected chi connectivity index (χ3v) is 3.53. The molecule has 94 valence electrons. The Bertz CT molecular complexity index is 377. The third-order valence-electron chi connectivity index (χ3n) is 2.51. The first-order chi connectivity index (χ1) is 7.95. The zero-order valence-electron chi connectivity index (χ0n) is 10.1. The lowest BCUT2D eigenvalue weighted by atomic mass is 10.0. The first kappa shape index (κ1) is 13.9. The fourth-order valence-electron chi connectivity index (χ4n) is 1.18. The molecule has 0 aliphatic carbocycles. The number of carbonyl (C=O) groups excluding carboxylic acids is 1. The summed E-state index contributed by atoms with van der Waals surface area (Å²) in [4.78, 5) is 12.1. The second kappa shape index (κ2) is 5.93. The highest BCUT2D eigenvalue weighted by atomic mass is 32.2. The maximum atomic E-state index is 11.0. The van der Waals surface area contributed by atoms with Crippen LogP contribution < -0.4 is 16.2 Å². The molecule has 17 heavy (non-hydrogen) atoms. The number of carbonyl (C=O) groups is 1. The van der Waals surface area contributed by atoms with Crippen LogP contribution in [-0.2, 0) is 4.79 Å². The second-order valence-electron chi connectivity index (χ2n) is 4.06. The molecule has 0 fully saturated rings. The summed E-state index contributed by atoms with van der Waals surface area (Å²) < 4.78 is 5.07. The summed E-state index contributed by atoms with van der Waals surface area (Å²) in [5, 5.41) is 0. The van der Waals surface area contributed by atoms with Gasteiger partial charge in [-0.05, 0) is 37.6 Å². The van der Waals surface area contributed by atoms with Crippen molar-refractivity contribution >= 4 is 17.7 Å². The van der Waals surface area contributed by atoms with Gasteiger partial charge in [-0.3, -0.25) is 4.79 Å². The van der Waals surface area contributed by atoms with Crippen LogP contribution in [0.5, 0.6) is 5.75 Å². The van der Waals surface area contributed by atoms with Crippen LogP contribution in [0, 0.1) is 0 Å². The molecule has 4 N–H and O–H groups in total. The van der Waals surface area contributed by atoms with Crippen molar-refractivity contribution < 1.29 is 9.53 Å². The van der Waals surface area contributed by atoms with Crippen molar-refractivity contribution in [3.8, 4) is 5.75 Å². The summed E-state index contributed by atoms with van der Waals surface area (Å²) >= 11 is 1.64. The first-order valence-electron chi connectivity index (χ1n) is 5.31. The summed E-state index contributed by atoms with van der Waals surface area (Å²) in [5.74, 6) is 1.12. The average molecular weight is 254 g/mol. The monoisotopic (exact) mass is 254 g/mol. The molecule has 1 aromatic rings. The lowest BCUT2D eigenvalue weighted by Gasteiger charge is -2.19. The summed E-state index contributed by atoms with van der Waals surface area (Å²) in [6.45, 7) is 1.66. The molecule has 5 heteroatoms. The van der Waals surface area contributed by atoms with Crippen LogP contribution in [0.3, 0.4) is 0 Å². The fraction of sp³-hybridized carbons (Fsp3) is 0.417. The molecular weight excluding hydrogens is 236 g/mol. The molecule has 1 amide bonds. The minimum absolute atomic E-state index is 0.465. The van der Waals surface area contributed by atoms with Gasteiger partial charge in [0.25, 0.3) is 0 Å². The molecule has 1 atom stereocenters. The standard InChI is InChI=1S/C12H18N2O2S/c1-12(14,11(13)15)7-8-17-10-5-3-9(16-2)4-6-10/h3-6H,7-8,14H2,1-2H3,(H2,13,15). The molecule has 1 unspecified atom stereocenters. The Morgan fingerprint density at radius 2 is 2.00 bits per heavy atom. The zero-order valence-corrected chi connectivity index (χ0v) is 10.9. The minimum Gasteiger partial charge on any atom is -0.497 e. The van der Waals surface area contributed by atoms with Crippen molar-refractivity contribution in [3.63, 3.8) is 0 Å². The van der Waals surface area contributed by atoms with Gasteiger partial charge in [0.1, 0.15) is 5.75 Å². The lowest BCUT2D eigenvalue weighted by Crippen LogP contribution is -2.49. The van der Waals surface area contributed by atoms with Crippen LogP contribution >= 0.6 is 11.8 Å². The Kier molecular flexibility index (Phi) is 4.84. The second-order valence-corrected chi connectivity index (χ2v) is 5.22. The van der Waals surface area contributed by atoms with Gasteiger partial charge in [-0.15, -0.1) is 11.8 Å². The van der Waals surface area contributed by atoms with Crippen LogP contribution in [-0.4, -0.2) is 24.3 Å². The number of primary amides is 1. The van der Waals surface area contributed by atoms with E-state index < -0.39 is 11.4 Å². The number of hydrogen-bond acceptors (Lipinski definition) is 4. The molecule has 0 aromatic heterocycles. The Morgan fingerprint density at radius 1 is 1.41 bits per heavy atom. The molecule has 0 heterocycles. The fourth-order valence-corrected chi connectivity index (χ4v) is 2.27. The number of hydrogen-bond donors (Lipinski definition) is 2. The van der Waals surface area contributed by atoms with Crippen molar-refractivity contribution in [1.29, 1.82) is 0 Å². The normalized spacial score (nSPS) is 14.1. The largest absolute Gasteiger partial charge is 0.497 e. The Hall–Kier alpha value is -1.20. The minimum atomic E-state index is -0.931. The topological polar surface area (TPSA) is 78.3 Å². The Balaban J connectivity index is 2.43. The number of methoxy groups -OCH3 is 1. The highest BCUT2D eigenvalue weighted by Gasteiger charge is 2.24. The van der Waals surface area contributed by atoms with Gasteiger partial charge in [0.05, 0.1) is 12.6 Å². The van der Waals surface area contributed by atoms with E-state index in [9.17, 15) is 4.79 Å². The smallest absolute Gasteiger partial charge is 0.237 e. The van der Waals surface area contributed by atoms with E-state index >= 15 is 0 Å². The van der Waals surface area contributed by atoms with Crippen LogP contribution in [0.15, 0.2) is 29.2 Å². The predicted octanol–water partition coefficient (Wildman–Crippen LogP) is 1.38. The van der Waals surface area contributed by atoms with Crippen molar-refractivity contribution in [3.05, 3.63) is 24.3 Å². The van der Waals surface area contributed by atoms with E-state index in [1.54, 1.807) is 25.8 Å². The van der Waals surface area contributed by atoms with Gasteiger partial charge < -0.3 is 16.2 Å². The summed E-state index contributed by atoms with van der Waals surface area (Å²) in [6.07, 6.45) is 0.555. The van der Waals surface area contributed by atoms with E-state index in [1.807, 2.05) is 24.3 Å². The number of benzene rings is 1. The van der Waals surface area contributed by atoms with Crippen LogP contribution in [0.2, 0.25) is 0 Å². The quantitative estimate of drug-likeness (QED) is 0.752. The summed E-state index contributed by atoms with van der Waals surface area (Å²) in [6, 6.07) is 7.75. The first-order valence-corrected chi connectivity index (χ1v) is 6.30. The van der Waals surface area contributed by atoms with Crippen molar-refractivity contribution in [2.45, 2.75) is 23.8 Å². The molecule has 0 aliphatic heterocycles. The molecule has 0 saturated carbocycles. The average Bonchev–Trinajstić information content (AvgIpc) is 2.29. The molecule has 0 radical (unpaired) electrons. The number of thioether (sulfide) groups is 1. The molecule has 0 bridgehead atoms. The molecule has 0 spiro atoms. The molecule has 0 aliphatic rings. The highest BCUT2D eigenvalue weighted by Crippen LogP contribution is 2.23. The van der Waals surface area contributed by atoms with E-state index in [0.717, 1.165) is 16.4 Å². The van der Waals surface area contributed by atoms with Gasteiger partial charge in [-0.25, -0.2) is 0 Å². The molecule has 1 aromatic carbocycles. The SMILES string of the molecule is COc1ccc(SCCC(C)(N)C(N)=O)cc1.